The van der Waals surface area contributed by atoms with Gasteiger partial charge < -0.3 is 19.8 Å². The van der Waals surface area contributed by atoms with Gasteiger partial charge in [0.15, 0.2) is 5.96 Å². The van der Waals surface area contributed by atoms with Gasteiger partial charge in [0, 0.05) is 31.9 Å². The predicted octanol–water partition coefficient (Wildman–Crippen LogP) is 4.25. The van der Waals surface area contributed by atoms with E-state index in [-0.39, 0.29) is 29.7 Å². The predicted molar refractivity (Wildman–Crippen MR) is 124 cm³/mol. The van der Waals surface area contributed by atoms with E-state index in [2.05, 4.69) is 22.5 Å². The Bertz CT molecular complexity index is 721. The molecule has 9 heteroatoms. The molecule has 160 valence electrons. The number of unbranched alkanes of at least 4 members (excludes halogenated alkanes) is 1. The molecule has 1 aromatic heterocycles. The maximum absolute atomic E-state index is 10.7. The molecule has 0 aliphatic rings. The second-order valence-electron chi connectivity index (χ2n) is 6.27. The third-order valence-corrected chi connectivity index (χ3v) is 3.98. The molecule has 0 radical (unpaired) electrons. The van der Waals surface area contributed by atoms with Crippen LogP contribution in [-0.2, 0) is 17.8 Å². The summed E-state index contributed by atoms with van der Waals surface area (Å²) in [5, 5.41) is 17.3. The first-order chi connectivity index (χ1) is 13.7. The molecule has 0 atom stereocenters. The van der Waals surface area contributed by atoms with Gasteiger partial charge in [-0.1, -0.05) is 25.5 Å². The molecule has 0 fully saturated rings. The fraction of sp³-hybridized carbons (Fsp3) is 0.450. The van der Waals surface area contributed by atoms with Crippen LogP contribution >= 0.6 is 24.0 Å². The number of guanidine groups is 1. The van der Waals surface area contributed by atoms with Crippen LogP contribution in [0.25, 0.3) is 0 Å². The highest BCUT2D eigenvalue weighted by atomic mass is 127. The van der Waals surface area contributed by atoms with E-state index in [1.807, 2.05) is 12.1 Å². The zero-order valence-corrected chi connectivity index (χ0v) is 19.0. The highest BCUT2D eigenvalue weighted by Crippen LogP contribution is 2.12. The van der Waals surface area contributed by atoms with Crippen molar-refractivity contribution < 1.29 is 14.1 Å². The summed E-state index contributed by atoms with van der Waals surface area (Å²) in [7, 11) is 0. The van der Waals surface area contributed by atoms with E-state index in [0.717, 1.165) is 43.7 Å². The van der Waals surface area contributed by atoms with Gasteiger partial charge in [-0.15, -0.1) is 24.0 Å². The van der Waals surface area contributed by atoms with Gasteiger partial charge in [-0.3, -0.25) is 10.1 Å². The quantitative estimate of drug-likeness (QED) is 0.109. The number of halogens is 1. The first kappa shape index (κ1) is 24.9. The van der Waals surface area contributed by atoms with Crippen LogP contribution in [0.3, 0.4) is 0 Å². The van der Waals surface area contributed by atoms with Crippen molar-refractivity contribution in [3.8, 4) is 0 Å². The number of benzene rings is 1. The van der Waals surface area contributed by atoms with Crippen molar-refractivity contribution in [2.45, 2.75) is 39.3 Å². The molecule has 0 unspecified atom stereocenters. The lowest BCUT2D eigenvalue weighted by molar-refractivity contribution is -0.384. The van der Waals surface area contributed by atoms with Crippen molar-refractivity contribution in [1.82, 2.24) is 10.6 Å². The van der Waals surface area contributed by atoms with Crippen LogP contribution in [-0.4, -0.2) is 30.6 Å². The number of nitrogens with zero attached hydrogens (tertiary/aromatic N) is 2. The zero-order valence-electron chi connectivity index (χ0n) is 16.6. The molecule has 0 saturated carbocycles. The Morgan fingerprint density at radius 2 is 1.93 bits per heavy atom. The van der Waals surface area contributed by atoms with Crippen molar-refractivity contribution >= 4 is 35.6 Å². The fourth-order valence-corrected chi connectivity index (χ4v) is 2.38. The van der Waals surface area contributed by atoms with Gasteiger partial charge >= 0.3 is 0 Å². The number of ether oxygens (including phenoxy) is 1. The highest BCUT2D eigenvalue weighted by Gasteiger charge is 2.05. The van der Waals surface area contributed by atoms with Gasteiger partial charge in [-0.2, -0.15) is 0 Å². The Balaban J connectivity index is 0.00000420. The number of rotatable bonds is 12. The normalized spacial score (nSPS) is 11.0. The first-order valence-corrected chi connectivity index (χ1v) is 9.54. The minimum atomic E-state index is -0.409. The molecule has 0 amide bonds. The average Bonchev–Trinajstić information content (AvgIpc) is 3.22. The first-order valence-electron chi connectivity index (χ1n) is 9.54. The number of nitrogens with one attached hydrogen (secondary N) is 2. The Labute approximate surface area is 188 Å². The molecule has 1 heterocycles. The second kappa shape index (κ2) is 14.8. The van der Waals surface area contributed by atoms with Crippen LogP contribution < -0.4 is 10.6 Å². The van der Waals surface area contributed by atoms with Crippen LogP contribution in [0.4, 0.5) is 5.69 Å². The third kappa shape index (κ3) is 10.3. The van der Waals surface area contributed by atoms with Crippen LogP contribution in [0.15, 0.2) is 52.1 Å². The van der Waals surface area contributed by atoms with E-state index >= 15 is 0 Å². The summed E-state index contributed by atoms with van der Waals surface area (Å²) in [4.78, 5) is 14.9. The molecule has 0 aliphatic carbocycles. The van der Waals surface area contributed by atoms with E-state index < -0.39 is 4.92 Å². The molecule has 0 aliphatic heterocycles. The molecular formula is C20H29IN4O4. The van der Waals surface area contributed by atoms with Crippen LogP contribution in [0.2, 0.25) is 0 Å². The lowest BCUT2D eigenvalue weighted by atomic mass is 10.2. The number of nitro benzene ring substituents is 1. The Kier molecular flexibility index (Phi) is 12.7. The number of nitro groups is 1. The molecule has 2 aromatic rings. The Morgan fingerprint density at radius 3 is 2.59 bits per heavy atom. The van der Waals surface area contributed by atoms with E-state index in [1.54, 1.807) is 18.4 Å². The monoisotopic (exact) mass is 516 g/mol. The maximum atomic E-state index is 10.7. The summed E-state index contributed by atoms with van der Waals surface area (Å²) in [5.74, 6) is 1.47. The van der Waals surface area contributed by atoms with E-state index in [0.29, 0.717) is 25.7 Å². The number of furan rings is 1. The van der Waals surface area contributed by atoms with Gasteiger partial charge in [0.1, 0.15) is 5.76 Å². The van der Waals surface area contributed by atoms with Gasteiger partial charge in [-0.25, -0.2) is 4.99 Å². The molecule has 0 saturated heterocycles. The van der Waals surface area contributed by atoms with Crippen LogP contribution in [0.5, 0.6) is 0 Å². The highest BCUT2D eigenvalue weighted by molar-refractivity contribution is 14.0. The Morgan fingerprint density at radius 1 is 1.17 bits per heavy atom. The minimum absolute atomic E-state index is 0. The summed E-state index contributed by atoms with van der Waals surface area (Å²) < 4.78 is 10.9. The van der Waals surface area contributed by atoms with Gasteiger partial charge in [-0.05, 0) is 30.5 Å². The van der Waals surface area contributed by atoms with Crippen molar-refractivity contribution in [2.75, 3.05) is 19.8 Å². The van der Waals surface area contributed by atoms with E-state index in [4.69, 9.17) is 9.15 Å². The smallest absolute Gasteiger partial charge is 0.269 e. The van der Waals surface area contributed by atoms with Crippen LogP contribution in [0.1, 0.15) is 37.5 Å². The topological polar surface area (TPSA) is 102 Å². The number of hydrogen-bond acceptors (Lipinski definition) is 5. The number of aliphatic imine (C=N–C) groups is 1. The van der Waals surface area contributed by atoms with Crippen molar-refractivity contribution in [2.24, 2.45) is 4.99 Å². The fourth-order valence-electron chi connectivity index (χ4n) is 2.38. The van der Waals surface area contributed by atoms with E-state index in [9.17, 15) is 10.1 Å². The van der Waals surface area contributed by atoms with Crippen molar-refractivity contribution in [1.29, 1.82) is 0 Å². The number of hydrogen-bond donors (Lipinski definition) is 2. The molecule has 8 nitrogen and oxygen atoms in total. The lowest BCUT2D eigenvalue weighted by Gasteiger charge is -2.12. The third-order valence-electron chi connectivity index (χ3n) is 3.98. The molecule has 2 N–H and O–H groups in total. The molecule has 29 heavy (non-hydrogen) atoms. The molecule has 0 spiro atoms. The second-order valence-corrected chi connectivity index (χ2v) is 6.27. The SMILES string of the molecule is CCCCOCCCNC(=NCc1ccc([N+](=O)[O-])cc1)NCc1ccco1.I. The summed E-state index contributed by atoms with van der Waals surface area (Å²) in [5.41, 5.74) is 0.970. The largest absolute Gasteiger partial charge is 0.467 e. The molecule has 1 aromatic carbocycles. The standard InChI is InChI=1S/C20H28N4O4.HI/c1-2-3-12-27-13-5-11-21-20(23-16-19-6-4-14-28-19)22-15-17-7-9-18(10-8-17)24(25)26;/h4,6-10,14H,2-3,5,11-13,15-16H2,1H3,(H2,21,22,23);1H. The molecule has 2 rings (SSSR count). The van der Waals surface area contributed by atoms with Gasteiger partial charge in [0.25, 0.3) is 5.69 Å². The van der Waals surface area contributed by atoms with Crippen molar-refractivity contribution in [3.63, 3.8) is 0 Å². The summed E-state index contributed by atoms with van der Waals surface area (Å²) in [6.45, 7) is 5.32. The zero-order chi connectivity index (χ0) is 20.0. The summed E-state index contributed by atoms with van der Waals surface area (Å²) in [6, 6.07) is 10.1. The van der Waals surface area contributed by atoms with E-state index in [1.165, 1.54) is 12.1 Å². The molecule has 0 bridgehead atoms. The average molecular weight is 516 g/mol. The van der Waals surface area contributed by atoms with Gasteiger partial charge in [0.05, 0.1) is 24.3 Å². The minimum Gasteiger partial charge on any atom is -0.467 e. The lowest BCUT2D eigenvalue weighted by Crippen LogP contribution is -2.37. The summed E-state index contributed by atoms with van der Waals surface area (Å²) >= 11 is 0. The Hall–Kier alpha value is -2.14. The number of non-ortho nitro benzene ring substituents is 1. The maximum Gasteiger partial charge on any atom is 0.269 e. The van der Waals surface area contributed by atoms with Crippen LogP contribution in [0, 0.1) is 10.1 Å². The van der Waals surface area contributed by atoms with Gasteiger partial charge in [0.2, 0.25) is 0 Å². The molecular weight excluding hydrogens is 487 g/mol. The summed E-state index contributed by atoms with van der Waals surface area (Å²) in [6.07, 6.45) is 4.73. The van der Waals surface area contributed by atoms with Crippen molar-refractivity contribution in [3.05, 3.63) is 64.1 Å².